The van der Waals surface area contributed by atoms with Gasteiger partial charge in [-0.05, 0) is 31.1 Å². The lowest BCUT2D eigenvalue weighted by molar-refractivity contribution is 0.202. The summed E-state index contributed by atoms with van der Waals surface area (Å²) < 4.78 is 7.10. The van der Waals surface area contributed by atoms with Gasteiger partial charge in [0.05, 0.1) is 6.61 Å². The topological polar surface area (TPSA) is 76.4 Å². The number of aromatic nitrogens is 3. The minimum atomic E-state index is 0.265. The van der Waals surface area contributed by atoms with Gasteiger partial charge in [-0.2, -0.15) is 0 Å². The number of rotatable bonds is 8. The second-order valence-electron chi connectivity index (χ2n) is 7.63. The second kappa shape index (κ2) is 9.17. The molecule has 0 atom stereocenters. The van der Waals surface area contributed by atoms with E-state index in [0.29, 0.717) is 13.2 Å². The Bertz CT molecular complexity index is 560. The molecule has 25 heavy (non-hydrogen) atoms. The number of aryl methyl sites for hydroxylation is 1. The van der Waals surface area contributed by atoms with Crippen molar-refractivity contribution in [2.75, 3.05) is 26.8 Å². The molecule has 0 spiro atoms. The van der Waals surface area contributed by atoms with Gasteiger partial charge in [-0.25, -0.2) is 4.99 Å². The molecule has 0 aliphatic heterocycles. The zero-order valence-corrected chi connectivity index (χ0v) is 16.4. The van der Waals surface area contributed by atoms with Gasteiger partial charge >= 0.3 is 0 Å². The van der Waals surface area contributed by atoms with Crippen molar-refractivity contribution < 1.29 is 4.74 Å². The first-order valence-electron chi connectivity index (χ1n) is 9.30. The fourth-order valence-corrected chi connectivity index (χ4v) is 3.35. The predicted octanol–water partition coefficient (Wildman–Crippen LogP) is 2.02. The summed E-state index contributed by atoms with van der Waals surface area (Å²) in [5.41, 5.74) is 0.265. The number of nitrogens with zero attached hydrogens (tertiary/aromatic N) is 4. The molecular formula is C18H34N6O. The highest BCUT2D eigenvalue weighted by atomic mass is 16.5. The van der Waals surface area contributed by atoms with Crippen molar-refractivity contribution in [2.24, 2.45) is 23.4 Å². The van der Waals surface area contributed by atoms with Crippen molar-refractivity contribution in [3.8, 4) is 0 Å². The zero-order chi connectivity index (χ0) is 18.3. The van der Waals surface area contributed by atoms with E-state index in [1.165, 1.54) is 25.7 Å². The molecule has 0 unspecified atom stereocenters. The molecular weight excluding hydrogens is 316 g/mol. The number of hydrogen-bond acceptors (Lipinski definition) is 4. The Morgan fingerprint density at radius 1 is 1.28 bits per heavy atom. The molecule has 142 valence electrons. The van der Waals surface area contributed by atoms with Crippen LogP contribution in [0.25, 0.3) is 0 Å². The van der Waals surface area contributed by atoms with Crippen LogP contribution in [0.15, 0.2) is 4.99 Å². The van der Waals surface area contributed by atoms with Gasteiger partial charge in [-0.1, -0.05) is 26.7 Å². The van der Waals surface area contributed by atoms with Gasteiger partial charge in [-0.15, -0.1) is 10.2 Å². The molecule has 7 nitrogen and oxygen atoms in total. The molecule has 1 aromatic rings. The number of hydrogen-bond donors (Lipinski definition) is 2. The summed E-state index contributed by atoms with van der Waals surface area (Å²) >= 11 is 0. The number of methoxy groups -OCH3 is 1. The van der Waals surface area contributed by atoms with E-state index in [2.05, 4.69) is 39.7 Å². The molecule has 0 saturated heterocycles. The number of ether oxygens (including phenoxy) is 1. The standard InChI is InChI=1S/C18H34N6O/c1-14-22-23-16(24(14)4)12-20-17(19-10-11-25-5)21-13-18(2,3)15-8-6-7-9-15/h15H,6-13H2,1-5H3,(H2,19,20,21). The van der Waals surface area contributed by atoms with Crippen LogP contribution >= 0.6 is 0 Å². The first-order valence-corrected chi connectivity index (χ1v) is 9.30. The van der Waals surface area contributed by atoms with E-state index in [4.69, 9.17) is 4.74 Å². The molecule has 2 N–H and O–H groups in total. The van der Waals surface area contributed by atoms with Gasteiger partial charge in [0, 0.05) is 27.2 Å². The molecule has 2 rings (SSSR count). The minimum absolute atomic E-state index is 0.265. The van der Waals surface area contributed by atoms with E-state index in [1.54, 1.807) is 7.11 Å². The van der Waals surface area contributed by atoms with Gasteiger partial charge < -0.3 is 19.9 Å². The Hall–Kier alpha value is -1.63. The minimum Gasteiger partial charge on any atom is -0.383 e. The summed E-state index contributed by atoms with van der Waals surface area (Å²) in [5, 5.41) is 15.1. The Morgan fingerprint density at radius 3 is 2.60 bits per heavy atom. The van der Waals surface area contributed by atoms with Crippen LogP contribution in [0.4, 0.5) is 0 Å². The summed E-state index contributed by atoms with van der Waals surface area (Å²) in [6.07, 6.45) is 5.42. The Morgan fingerprint density at radius 2 is 2.00 bits per heavy atom. The Balaban J connectivity index is 1.96. The van der Waals surface area contributed by atoms with Crippen LogP contribution in [-0.2, 0) is 18.3 Å². The van der Waals surface area contributed by atoms with E-state index in [1.807, 2.05) is 18.5 Å². The van der Waals surface area contributed by atoms with E-state index >= 15 is 0 Å². The summed E-state index contributed by atoms with van der Waals surface area (Å²) in [6.45, 7) is 9.45. The van der Waals surface area contributed by atoms with E-state index in [0.717, 1.165) is 36.6 Å². The van der Waals surface area contributed by atoms with Gasteiger partial charge in [0.25, 0.3) is 0 Å². The SMILES string of the molecule is COCCNC(=NCc1nnc(C)n1C)NCC(C)(C)C1CCCC1. The van der Waals surface area contributed by atoms with Crippen LogP contribution in [-0.4, -0.2) is 47.5 Å². The van der Waals surface area contributed by atoms with Crippen LogP contribution in [0, 0.1) is 18.3 Å². The third kappa shape index (κ3) is 5.70. The lowest BCUT2D eigenvalue weighted by Gasteiger charge is -2.32. The van der Waals surface area contributed by atoms with Crippen molar-refractivity contribution in [1.82, 2.24) is 25.4 Å². The molecule has 1 aliphatic rings. The van der Waals surface area contributed by atoms with Crippen LogP contribution in [0.3, 0.4) is 0 Å². The van der Waals surface area contributed by atoms with Crippen molar-refractivity contribution in [3.63, 3.8) is 0 Å². The van der Waals surface area contributed by atoms with Crippen LogP contribution in [0.2, 0.25) is 0 Å². The molecule has 1 saturated carbocycles. The largest absolute Gasteiger partial charge is 0.383 e. The summed E-state index contributed by atoms with van der Waals surface area (Å²) in [5.74, 6) is 3.36. The molecule has 0 aromatic carbocycles. The lowest BCUT2D eigenvalue weighted by Crippen LogP contribution is -2.44. The van der Waals surface area contributed by atoms with Gasteiger partial charge in [0.2, 0.25) is 0 Å². The van der Waals surface area contributed by atoms with Crippen molar-refractivity contribution in [2.45, 2.75) is 53.0 Å². The third-order valence-corrected chi connectivity index (χ3v) is 5.33. The maximum absolute atomic E-state index is 5.13. The highest BCUT2D eigenvalue weighted by molar-refractivity contribution is 5.79. The first kappa shape index (κ1) is 19.7. The normalized spacial score (nSPS) is 16.4. The highest BCUT2D eigenvalue weighted by Crippen LogP contribution is 2.38. The van der Waals surface area contributed by atoms with Crippen molar-refractivity contribution >= 4 is 5.96 Å². The van der Waals surface area contributed by atoms with Gasteiger partial charge in [-0.3, -0.25) is 0 Å². The summed E-state index contributed by atoms with van der Waals surface area (Å²) in [4.78, 5) is 4.69. The molecule has 0 amide bonds. The number of aliphatic imine (C=N–C) groups is 1. The average Bonchev–Trinajstić information content (AvgIpc) is 3.23. The summed E-state index contributed by atoms with van der Waals surface area (Å²) in [6, 6.07) is 0. The van der Waals surface area contributed by atoms with Crippen molar-refractivity contribution in [1.29, 1.82) is 0 Å². The molecule has 0 bridgehead atoms. The molecule has 1 aliphatic carbocycles. The smallest absolute Gasteiger partial charge is 0.191 e. The second-order valence-corrected chi connectivity index (χ2v) is 7.63. The van der Waals surface area contributed by atoms with Gasteiger partial charge in [0.1, 0.15) is 12.4 Å². The maximum Gasteiger partial charge on any atom is 0.191 e. The summed E-state index contributed by atoms with van der Waals surface area (Å²) in [7, 11) is 3.67. The lowest BCUT2D eigenvalue weighted by atomic mass is 9.78. The van der Waals surface area contributed by atoms with Crippen LogP contribution in [0.1, 0.15) is 51.2 Å². The Labute approximate surface area is 151 Å². The Kier molecular flexibility index (Phi) is 7.23. The molecule has 1 aromatic heterocycles. The molecule has 1 heterocycles. The molecule has 0 radical (unpaired) electrons. The van der Waals surface area contributed by atoms with E-state index in [-0.39, 0.29) is 5.41 Å². The van der Waals surface area contributed by atoms with Crippen LogP contribution < -0.4 is 10.6 Å². The molecule has 7 heteroatoms. The number of nitrogens with one attached hydrogen (secondary N) is 2. The first-order chi connectivity index (χ1) is 11.9. The monoisotopic (exact) mass is 350 g/mol. The zero-order valence-electron chi connectivity index (χ0n) is 16.4. The van der Waals surface area contributed by atoms with Crippen molar-refractivity contribution in [3.05, 3.63) is 11.6 Å². The van der Waals surface area contributed by atoms with Crippen LogP contribution in [0.5, 0.6) is 0 Å². The quantitative estimate of drug-likeness (QED) is 0.426. The average molecular weight is 351 g/mol. The highest BCUT2D eigenvalue weighted by Gasteiger charge is 2.31. The predicted molar refractivity (Wildman–Crippen MR) is 100 cm³/mol. The fourth-order valence-electron chi connectivity index (χ4n) is 3.35. The fraction of sp³-hybridized carbons (Fsp3) is 0.833. The molecule has 1 fully saturated rings. The van der Waals surface area contributed by atoms with E-state index < -0.39 is 0 Å². The maximum atomic E-state index is 5.13. The third-order valence-electron chi connectivity index (χ3n) is 5.33. The van der Waals surface area contributed by atoms with Gasteiger partial charge in [0.15, 0.2) is 11.8 Å². The number of guanidine groups is 1. The van der Waals surface area contributed by atoms with E-state index in [9.17, 15) is 0 Å².